The van der Waals surface area contributed by atoms with Crippen LogP contribution in [-0.4, -0.2) is 26.3 Å². The molecule has 3 nitrogen and oxygen atoms in total. The summed E-state index contributed by atoms with van der Waals surface area (Å²) in [6, 6.07) is 0. The Bertz CT molecular complexity index is 81.4. The second kappa shape index (κ2) is 12.1. The van der Waals surface area contributed by atoms with E-state index in [4.69, 9.17) is 4.74 Å². The molecule has 0 aliphatic heterocycles. The largest absolute Gasteiger partial charge is 0.466 e. The van der Waals surface area contributed by atoms with Gasteiger partial charge in [-0.3, -0.25) is 4.79 Å². The Labute approximate surface area is 69.7 Å². The molecule has 0 fully saturated rings. The normalized spacial score (nSPS) is 7.45. The summed E-state index contributed by atoms with van der Waals surface area (Å²) in [4.78, 5) is 10.1. The van der Waals surface area contributed by atoms with Gasteiger partial charge in [-0.2, -0.15) is 0 Å². The molecule has 0 bridgehead atoms. The lowest BCUT2D eigenvalue weighted by molar-refractivity contribution is -0.141. The molecule has 0 N–H and O–H groups in total. The first-order chi connectivity index (χ1) is 4.27. The van der Waals surface area contributed by atoms with Crippen LogP contribution in [0.5, 0.6) is 0 Å². The molecule has 0 rings (SSSR count). The fraction of sp³-hybridized carbons (Fsp3) is 0.875. The van der Waals surface area contributed by atoms with Crippen molar-refractivity contribution in [2.75, 3.05) is 20.3 Å². The van der Waals surface area contributed by atoms with E-state index in [1.807, 2.05) is 0 Å². The van der Waals surface area contributed by atoms with Gasteiger partial charge < -0.3 is 9.47 Å². The van der Waals surface area contributed by atoms with Crippen molar-refractivity contribution in [2.45, 2.75) is 28.2 Å². The van der Waals surface area contributed by atoms with E-state index in [0.29, 0.717) is 13.2 Å². The number of carbonyl (C=O) groups excluding carboxylic acids is 1. The van der Waals surface area contributed by atoms with Crippen LogP contribution in [0.2, 0.25) is 0 Å². The number of carbonyl (C=O) groups is 1. The highest BCUT2D eigenvalue weighted by Gasteiger charge is 1.90. The van der Waals surface area contributed by atoms with Gasteiger partial charge in [0.05, 0.1) is 6.61 Å². The Balaban J connectivity index is -0.000000320. The topological polar surface area (TPSA) is 35.5 Å². The molecule has 0 aromatic carbocycles. The predicted molar refractivity (Wildman–Crippen MR) is 46.6 cm³/mol. The minimum atomic E-state index is -0.230. The molecular weight excluding hydrogens is 144 g/mol. The number of ether oxygens (including phenoxy) is 2. The molecule has 70 valence electrons. The molecular formula is C8H20O3. The molecule has 0 saturated carbocycles. The van der Waals surface area contributed by atoms with E-state index in [1.54, 1.807) is 7.11 Å². The molecule has 11 heavy (non-hydrogen) atoms. The number of methoxy groups -OCH3 is 1. The van der Waals surface area contributed by atoms with Gasteiger partial charge in [0.2, 0.25) is 0 Å². The Kier molecular flexibility index (Phi) is 18.5. The maximum Gasteiger partial charge on any atom is 0.302 e. The lowest BCUT2D eigenvalue weighted by atomic mass is 10.5. The van der Waals surface area contributed by atoms with E-state index in [1.165, 1.54) is 6.92 Å². The van der Waals surface area contributed by atoms with Gasteiger partial charge >= 0.3 is 5.97 Å². The zero-order chi connectivity index (χ0) is 7.11. The molecule has 0 spiro atoms. The summed E-state index contributed by atoms with van der Waals surface area (Å²) in [7, 11) is 1.62. The first-order valence-electron chi connectivity index (χ1n) is 2.89. The highest BCUT2D eigenvalue weighted by molar-refractivity contribution is 5.65. The second-order valence-electron chi connectivity index (χ2n) is 1.69. The average molecular weight is 164 g/mol. The third kappa shape index (κ3) is 17.7. The molecule has 0 amide bonds. The van der Waals surface area contributed by atoms with Crippen LogP contribution >= 0.6 is 0 Å². The zero-order valence-electron chi connectivity index (χ0n) is 5.85. The van der Waals surface area contributed by atoms with Gasteiger partial charge in [-0.15, -0.1) is 0 Å². The quantitative estimate of drug-likeness (QED) is 0.470. The Morgan fingerprint density at radius 1 is 1.27 bits per heavy atom. The Morgan fingerprint density at radius 3 is 2.18 bits per heavy atom. The molecule has 0 saturated heterocycles. The van der Waals surface area contributed by atoms with Gasteiger partial charge in [-0.05, 0) is 0 Å². The number of hydrogen-bond donors (Lipinski definition) is 0. The molecule has 0 heterocycles. The molecule has 0 unspecified atom stereocenters. The maximum absolute atomic E-state index is 10.1. The smallest absolute Gasteiger partial charge is 0.302 e. The van der Waals surface area contributed by atoms with E-state index >= 15 is 0 Å². The lowest BCUT2D eigenvalue weighted by Gasteiger charge is -1.98. The summed E-state index contributed by atoms with van der Waals surface area (Å²) >= 11 is 0. The highest BCUT2D eigenvalue weighted by Crippen LogP contribution is 1.82. The Hall–Kier alpha value is -0.570. The van der Waals surface area contributed by atoms with E-state index in [2.05, 4.69) is 4.74 Å². The van der Waals surface area contributed by atoms with E-state index in [-0.39, 0.29) is 20.8 Å². The van der Waals surface area contributed by atoms with Crippen molar-refractivity contribution in [3.8, 4) is 0 Å². The van der Waals surface area contributed by atoms with Crippen LogP contribution in [0.15, 0.2) is 0 Å². The third-order valence-electron chi connectivity index (χ3n) is 0.798. The molecule has 3 heteroatoms. The summed E-state index contributed by atoms with van der Waals surface area (Å²) in [5.74, 6) is -0.230. The van der Waals surface area contributed by atoms with Gasteiger partial charge in [-0.1, -0.05) is 14.9 Å². The predicted octanol–water partition coefficient (Wildman–Crippen LogP) is 1.86. The lowest BCUT2D eigenvalue weighted by Crippen LogP contribution is -2.02. The molecule has 0 aromatic heterocycles. The summed E-state index contributed by atoms with van der Waals surface area (Å²) in [6.45, 7) is 2.50. The van der Waals surface area contributed by atoms with Crippen LogP contribution in [0.4, 0.5) is 0 Å². The van der Waals surface area contributed by atoms with Crippen LogP contribution in [0.25, 0.3) is 0 Å². The summed E-state index contributed by atoms with van der Waals surface area (Å²) in [6.07, 6.45) is 0.774. The number of esters is 1. The van der Waals surface area contributed by atoms with Gasteiger partial charge in [0.1, 0.15) is 0 Å². The van der Waals surface area contributed by atoms with Crippen LogP contribution in [0, 0.1) is 0 Å². The SMILES string of the molecule is C.C.COCCCOC(C)=O. The number of hydrogen-bond acceptors (Lipinski definition) is 3. The molecule has 0 atom stereocenters. The highest BCUT2D eigenvalue weighted by atomic mass is 16.5. The van der Waals surface area contributed by atoms with Gasteiger partial charge in [0.15, 0.2) is 0 Å². The first-order valence-corrected chi connectivity index (χ1v) is 2.89. The monoisotopic (exact) mass is 164 g/mol. The minimum Gasteiger partial charge on any atom is -0.466 e. The minimum absolute atomic E-state index is 0. The molecule has 0 aliphatic carbocycles. The third-order valence-corrected chi connectivity index (χ3v) is 0.798. The standard InChI is InChI=1S/C6H12O3.2CH4/c1-6(7)9-5-3-4-8-2;;/h3-5H2,1-2H3;2*1H4. The van der Waals surface area contributed by atoms with Crippen molar-refractivity contribution in [2.24, 2.45) is 0 Å². The van der Waals surface area contributed by atoms with Crippen molar-refractivity contribution in [3.63, 3.8) is 0 Å². The summed E-state index contributed by atoms with van der Waals surface area (Å²) in [5, 5.41) is 0. The van der Waals surface area contributed by atoms with Crippen LogP contribution in [0.1, 0.15) is 28.2 Å². The molecule has 0 aromatic rings. The van der Waals surface area contributed by atoms with Crippen molar-refractivity contribution < 1.29 is 14.3 Å². The van der Waals surface area contributed by atoms with Gasteiger partial charge in [0.25, 0.3) is 0 Å². The van der Waals surface area contributed by atoms with Crippen molar-refractivity contribution in [1.29, 1.82) is 0 Å². The maximum atomic E-state index is 10.1. The fourth-order valence-corrected chi connectivity index (χ4v) is 0.419. The van der Waals surface area contributed by atoms with Crippen molar-refractivity contribution >= 4 is 5.97 Å². The van der Waals surface area contributed by atoms with Crippen molar-refractivity contribution in [1.82, 2.24) is 0 Å². The fourth-order valence-electron chi connectivity index (χ4n) is 0.419. The molecule has 0 aliphatic rings. The van der Waals surface area contributed by atoms with E-state index in [9.17, 15) is 4.79 Å². The van der Waals surface area contributed by atoms with Crippen LogP contribution in [-0.2, 0) is 14.3 Å². The van der Waals surface area contributed by atoms with E-state index in [0.717, 1.165) is 6.42 Å². The zero-order valence-corrected chi connectivity index (χ0v) is 5.85. The van der Waals surface area contributed by atoms with Crippen LogP contribution < -0.4 is 0 Å². The van der Waals surface area contributed by atoms with Crippen molar-refractivity contribution in [3.05, 3.63) is 0 Å². The average Bonchev–Trinajstić information content (AvgIpc) is 1.80. The molecule has 0 radical (unpaired) electrons. The summed E-state index contributed by atoms with van der Waals surface area (Å²) in [5.41, 5.74) is 0. The first kappa shape index (κ1) is 16.8. The van der Waals surface area contributed by atoms with E-state index < -0.39 is 0 Å². The number of rotatable bonds is 4. The summed E-state index contributed by atoms with van der Waals surface area (Å²) < 4.78 is 9.36. The van der Waals surface area contributed by atoms with Gasteiger partial charge in [-0.25, -0.2) is 0 Å². The Morgan fingerprint density at radius 2 is 1.82 bits per heavy atom. The van der Waals surface area contributed by atoms with Gasteiger partial charge in [0, 0.05) is 27.1 Å². The van der Waals surface area contributed by atoms with Crippen LogP contribution in [0.3, 0.4) is 0 Å². The second-order valence-corrected chi connectivity index (χ2v) is 1.69.